The van der Waals surface area contributed by atoms with E-state index in [2.05, 4.69) is 15.0 Å². The van der Waals surface area contributed by atoms with Gasteiger partial charge in [0.1, 0.15) is 0 Å². The lowest BCUT2D eigenvalue weighted by molar-refractivity contribution is 0.973. The molecule has 5 heteroatoms. The summed E-state index contributed by atoms with van der Waals surface area (Å²) < 4.78 is 0. The normalized spacial score (nSPS) is 10.2. The van der Waals surface area contributed by atoms with Crippen LogP contribution in [0.15, 0.2) is 28.3 Å². The molecule has 2 heterocycles. The average molecular weight is 209 g/mol. The second kappa shape index (κ2) is 3.85. The summed E-state index contributed by atoms with van der Waals surface area (Å²) in [5, 5.41) is 2.76. The van der Waals surface area contributed by atoms with E-state index in [1.54, 1.807) is 23.0 Å². The number of rotatable bonds is 2. The number of aromatic nitrogens is 3. The fraction of sp³-hybridized carbons (Fsp3) is 0.125. The van der Waals surface area contributed by atoms with Crippen LogP contribution >= 0.6 is 23.1 Å². The third kappa shape index (κ3) is 1.87. The molecule has 3 nitrogen and oxygen atoms in total. The molecule has 0 spiro atoms. The second-order valence-corrected chi connectivity index (χ2v) is 3.79. The van der Waals surface area contributed by atoms with Crippen LogP contribution in [0.3, 0.4) is 0 Å². The van der Waals surface area contributed by atoms with Gasteiger partial charge in [-0.05, 0) is 12.3 Å². The summed E-state index contributed by atoms with van der Waals surface area (Å²) in [5.74, 6) is 0. The van der Waals surface area contributed by atoms with Gasteiger partial charge >= 0.3 is 0 Å². The maximum absolute atomic E-state index is 4.33. The first-order valence-corrected chi connectivity index (χ1v) is 5.82. The van der Waals surface area contributed by atoms with Crippen LogP contribution in [-0.4, -0.2) is 21.2 Å². The highest BCUT2D eigenvalue weighted by atomic mass is 32.2. The molecule has 2 aromatic rings. The Morgan fingerprint density at radius 1 is 1.31 bits per heavy atom. The maximum Gasteiger partial charge on any atom is 0.187 e. The van der Waals surface area contributed by atoms with Gasteiger partial charge in [0.15, 0.2) is 5.16 Å². The van der Waals surface area contributed by atoms with Crippen molar-refractivity contribution < 1.29 is 0 Å². The van der Waals surface area contributed by atoms with Gasteiger partial charge < -0.3 is 0 Å². The van der Waals surface area contributed by atoms with E-state index in [-0.39, 0.29) is 0 Å². The van der Waals surface area contributed by atoms with Crippen molar-refractivity contribution in [3.05, 3.63) is 23.2 Å². The van der Waals surface area contributed by atoms with E-state index in [4.69, 9.17) is 0 Å². The Bertz CT molecular complexity index is 386. The first-order valence-electron chi connectivity index (χ1n) is 3.66. The van der Waals surface area contributed by atoms with Crippen molar-refractivity contribution in [1.29, 1.82) is 0 Å². The van der Waals surface area contributed by atoms with Gasteiger partial charge in [0.2, 0.25) is 0 Å². The van der Waals surface area contributed by atoms with E-state index < -0.39 is 0 Å². The highest BCUT2D eigenvalue weighted by molar-refractivity contribution is 7.98. The molecule has 0 aliphatic heterocycles. The van der Waals surface area contributed by atoms with Gasteiger partial charge in [-0.25, -0.2) is 15.0 Å². The summed E-state index contributed by atoms with van der Waals surface area (Å²) in [4.78, 5) is 12.6. The SMILES string of the molecule is CSc1nccc(-c2cscn2)n1. The van der Waals surface area contributed by atoms with E-state index in [1.165, 1.54) is 11.8 Å². The first-order chi connectivity index (χ1) is 6.40. The second-order valence-electron chi connectivity index (χ2n) is 2.30. The van der Waals surface area contributed by atoms with Crippen LogP contribution in [-0.2, 0) is 0 Å². The molecule has 0 N–H and O–H groups in total. The predicted molar refractivity (Wildman–Crippen MR) is 54.9 cm³/mol. The zero-order chi connectivity index (χ0) is 9.10. The molecule has 13 heavy (non-hydrogen) atoms. The summed E-state index contributed by atoms with van der Waals surface area (Å²) >= 11 is 3.10. The van der Waals surface area contributed by atoms with Crippen LogP contribution in [0.5, 0.6) is 0 Å². The molecule has 0 bridgehead atoms. The van der Waals surface area contributed by atoms with Crippen molar-refractivity contribution >= 4 is 23.1 Å². The van der Waals surface area contributed by atoms with Gasteiger partial charge in [0.25, 0.3) is 0 Å². The van der Waals surface area contributed by atoms with Gasteiger partial charge in [-0.15, -0.1) is 11.3 Å². The van der Waals surface area contributed by atoms with E-state index in [9.17, 15) is 0 Å². The summed E-state index contributed by atoms with van der Waals surface area (Å²) in [6.45, 7) is 0. The molecule has 0 amide bonds. The monoisotopic (exact) mass is 209 g/mol. The minimum atomic E-state index is 0.783. The van der Waals surface area contributed by atoms with Crippen molar-refractivity contribution in [3.8, 4) is 11.4 Å². The third-order valence-electron chi connectivity index (χ3n) is 1.51. The molecule has 0 fully saturated rings. The minimum Gasteiger partial charge on any atom is -0.243 e. The highest BCUT2D eigenvalue weighted by Crippen LogP contribution is 2.18. The topological polar surface area (TPSA) is 38.7 Å². The summed E-state index contributed by atoms with van der Waals surface area (Å²) in [6, 6.07) is 1.87. The Hall–Kier alpha value is -0.940. The van der Waals surface area contributed by atoms with E-state index in [0.29, 0.717) is 0 Å². The maximum atomic E-state index is 4.33. The molecule has 0 saturated carbocycles. The van der Waals surface area contributed by atoms with Gasteiger partial charge in [-0.2, -0.15) is 0 Å². The standard InChI is InChI=1S/C8H7N3S2/c1-12-8-9-3-2-6(11-8)7-4-13-5-10-7/h2-5H,1H3. The predicted octanol–water partition coefficient (Wildman–Crippen LogP) is 2.32. The minimum absolute atomic E-state index is 0.783. The van der Waals surface area contributed by atoms with Crippen molar-refractivity contribution in [1.82, 2.24) is 15.0 Å². The largest absolute Gasteiger partial charge is 0.243 e. The Morgan fingerprint density at radius 3 is 2.92 bits per heavy atom. The average Bonchev–Trinajstić information content (AvgIpc) is 2.71. The molecule has 0 aliphatic carbocycles. The zero-order valence-corrected chi connectivity index (χ0v) is 8.60. The van der Waals surface area contributed by atoms with Gasteiger partial charge in [0, 0.05) is 11.6 Å². The van der Waals surface area contributed by atoms with Gasteiger partial charge in [-0.3, -0.25) is 0 Å². The molecule has 0 radical (unpaired) electrons. The molecule has 0 aromatic carbocycles. The van der Waals surface area contributed by atoms with Crippen molar-refractivity contribution in [2.24, 2.45) is 0 Å². The lowest BCUT2D eigenvalue weighted by Gasteiger charge is -1.97. The number of nitrogens with zero attached hydrogens (tertiary/aromatic N) is 3. The van der Waals surface area contributed by atoms with Crippen LogP contribution in [0.1, 0.15) is 0 Å². The Labute approximate surface area is 84.3 Å². The van der Waals surface area contributed by atoms with Crippen LogP contribution in [0, 0.1) is 0 Å². The summed E-state index contributed by atoms with van der Waals surface area (Å²) in [5.41, 5.74) is 3.61. The lowest BCUT2D eigenvalue weighted by atomic mass is 10.3. The molecule has 0 aliphatic rings. The van der Waals surface area contributed by atoms with Crippen LogP contribution in [0.2, 0.25) is 0 Å². The van der Waals surface area contributed by atoms with Crippen LogP contribution in [0.4, 0.5) is 0 Å². The Morgan fingerprint density at radius 2 is 2.23 bits per heavy atom. The van der Waals surface area contributed by atoms with Gasteiger partial charge in [-0.1, -0.05) is 11.8 Å². The lowest BCUT2D eigenvalue weighted by Crippen LogP contribution is -1.88. The van der Waals surface area contributed by atoms with Crippen molar-refractivity contribution in [2.75, 3.05) is 6.26 Å². The molecule has 0 saturated heterocycles. The van der Waals surface area contributed by atoms with Crippen LogP contribution < -0.4 is 0 Å². The molecular weight excluding hydrogens is 202 g/mol. The molecule has 0 atom stereocenters. The number of hydrogen-bond acceptors (Lipinski definition) is 5. The van der Waals surface area contributed by atoms with Gasteiger partial charge in [0.05, 0.1) is 16.9 Å². The van der Waals surface area contributed by atoms with Crippen molar-refractivity contribution in [3.63, 3.8) is 0 Å². The summed E-state index contributed by atoms with van der Waals surface area (Å²) in [6.07, 6.45) is 3.72. The Kier molecular flexibility index (Phi) is 2.56. The van der Waals surface area contributed by atoms with E-state index in [0.717, 1.165) is 16.5 Å². The van der Waals surface area contributed by atoms with Crippen molar-refractivity contribution in [2.45, 2.75) is 5.16 Å². The molecule has 2 rings (SSSR count). The zero-order valence-electron chi connectivity index (χ0n) is 6.97. The van der Waals surface area contributed by atoms with E-state index in [1.807, 2.05) is 17.7 Å². The molecular formula is C8H7N3S2. The van der Waals surface area contributed by atoms with E-state index >= 15 is 0 Å². The highest BCUT2D eigenvalue weighted by Gasteiger charge is 2.02. The fourth-order valence-electron chi connectivity index (χ4n) is 0.921. The Balaban J connectivity index is 2.41. The molecule has 0 unspecified atom stereocenters. The van der Waals surface area contributed by atoms with Crippen LogP contribution in [0.25, 0.3) is 11.4 Å². The third-order valence-corrected chi connectivity index (χ3v) is 2.66. The quantitative estimate of drug-likeness (QED) is 0.562. The molecule has 2 aromatic heterocycles. The molecule has 66 valence electrons. The number of thioether (sulfide) groups is 1. The number of hydrogen-bond donors (Lipinski definition) is 0. The smallest absolute Gasteiger partial charge is 0.187 e. The summed E-state index contributed by atoms with van der Waals surface area (Å²) in [7, 11) is 0. The first kappa shape index (κ1) is 8.65. The fourth-order valence-corrected chi connectivity index (χ4v) is 1.82. The number of thiazole rings is 1.